The first-order valence-corrected chi connectivity index (χ1v) is 22.2. The maximum absolute atomic E-state index is 13.1. The number of hydrogen-bond acceptors (Lipinski definition) is 7. The Morgan fingerprint density at radius 2 is 1.43 bits per heavy atom. The van der Waals surface area contributed by atoms with Gasteiger partial charge in [-0.15, -0.1) is 0 Å². The van der Waals surface area contributed by atoms with Crippen molar-refractivity contribution >= 4 is 17.8 Å². The predicted molar refractivity (Wildman–Crippen MR) is 237 cm³/mol. The number of unbranched alkanes of at least 4 members (excludes halogenated alkanes) is 1. The molecule has 0 bridgehead atoms. The van der Waals surface area contributed by atoms with Crippen molar-refractivity contribution in [1.29, 1.82) is 0 Å². The van der Waals surface area contributed by atoms with Gasteiger partial charge in [-0.3, -0.25) is 14.4 Å². The molecule has 0 saturated carbocycles. The van der Waals surface area contributed by atoms with Gasteiger partial charge in [-0.05, 0) is 114 Å². The van der Waals surface area contributed by atoms with E-state index in [0.717, 1.165) is 57.8 Å². The summed E-state index contributed by atoms with van der Waals surface area (Å²) in [7, 11) is 0. The fraction of sp³-hybridized carbons (Fsp3) is 0.653. The lowest BCUT2D eigenvalue weighted by Crippen LogP contribution is -2.43. The second-order valence-corrected chi connectivity index (χ2v) is 16.7. The molecule has 0 radical (unpaired) electrons. The standard InChI is InChI=1S/C49H78N2O7/c1-7-9-10-11-12-13-14-15-16-17-18-19-20-21-22-23-24-25-45(54)50-30-32-57-33-31-51-46(55)37-42(53)36-41(52)28-29-43-39(4)26-27-40-34-38(3)35-44(47(40)43)58-48(56)49(5,6)8-2/h9-10,12-13,15-16,18-19,21-22,26-27,34,38-39,41-44,47,52-53H,7-8,11,14,17,20,23-25,28-33,35-37H2,1-6H3,(H,50,54)(H,51,55)/b10-9-,13-12-,16-15-,19-18-,22-21-/t38-,39-,41-,42+,43-,44?,47?/m0/s1. The Morgan fingerprint density at radius 1 is 0.845 bits per heavy atom. The lowest BCUT2D eigenvalue weighted by molar-refractivity contribution is -0.164. The molecule has 0 aromatic heterocycles. The molecule has 0 aromatic rings. The molecule has 0 aliphatic heterocycles. The van der Waals surface area contributed by atoms with Crippen LogP contribution < -0.4 is 10.6 Å². The van der Waals surface area contributed by atoms with E-state index in [9.17, 15) is 24.6 Å². The van der Waals surface area contributed by atoms with Crippen LogP contribution in [0.2, 0.25) is 0 Å². The molecule has 2 unspecified atom stereocenters. The average Bonchev–Trinajstić information content (AvgIpc) is 3.18. The maximum Gasteiger partial charge on any atom is 0.311 e. The van der Waals surface area contributed by atoms with Gasteiger partial charge >= 0.3 is 5.97 Å². The molecule has 0 aromatic carbocycles. The van der Waals surface area contributed by atoms with Crippen LogP contribution in [0.5, 0.6) is 0 Å². The molecule has 326 valence electrons. The van der Waals surface area contributed by atoms with E-state index in [1.807, 2.05) is 20.8 Å². The number of fused-ring (bicyclic) bond motifs is 1. The third-order valence-electron chi connectivity index (χ3n) is 11.2. The lowest BCUT2D eigenvalue weighted by atomic mass is 9.65. The Morgan fingerprint density at radius 3 is 2.03 bits per heavy atom. The Bertz CT molecular complexity index is 1410. The highest BCUT2D eigenvalue weighted by atomic mass is 16.5. The molecule has 0 spiro atoms. The quantitative estimate of drug-likeness (QED) is 0.0337. The first-order valence-electron chi connectivity index (χ1n) is 22.2. The summed E-state index contributed by atoms with van der Waals surface area (Å²) < 4.78 is 11.7. The average molecular weight is 807 g/mol. The predicted octanol–water partition coefficient (Wildman–Crippen LogP) is 9.19. The van der Waals surface area contributed by atoms with Crippen molar-refractivity contribution in [2.24, 2.45) is 29.1 Å². The lowest BCUT2D eigenvalue weighted by Gasteiger charge is -2.44. The molecular formula is C49H78N2O7. The van der Waals surface area contributed by atoms with Crippen molar-refractivity contribution in [2.45, 2.75) is 150 Å². The first-order chi connectivity index (χ1) is 27.9. The number of carbonyl (C=O) groups excluding carboxylic acids is 3. The van der Waals surface area contributed by atoms with Gasteiger partial charge in [0.05, 0.1) is 37.3 Å². The van der Waals surface area contributed by atoms with Crippen LogP contribution in [0.1, 0.15) is 131 Å². The van der Waals surface area contributed by atoms with E-state index in [1.165, 1.54) is 5.57 Å². The SMILES string of the molecule is CC/C=C\C/C=C\C/C=C\C/C=C\C/C=C\CCCC(=O)NCCOCCNC(=O)C[C@H](O)C[C@@H](O)CC[C@@H]1C2C(=C[C@H](C)CC2OC(=O)C(C)(C)CC)C=C[C@@H]1C. The van der Waals surface area contributed by atoms with Gasteiger partial charge in [0.2, 0.25) is 11.8 Å². The Labute approximate surface area is 351 Å². The van der Waals surface area contributed by atoms with Crippen molar-refractivity contribution in [1.82, 2.24) is 10.6 Å². The molecule has 2 rings (SSSR count). The summed E-state index contributed by atoms with van der Waals surface area (Å²) in [5.41, 5.74) is 0.664. The van der Waals surface area contributed by atoms with Gasteiger partial charge in [-0.25, -0.2) is 0 Å². The van der Waals surface area contributed by atoms with Crippen LogP contribution in [0.3, 0.4) is 0 Å². The minimum Gasteiger partial charge on any atom is -0.461 e. The second kappa shape index (κ2) is 29.6. The molecule has 4 N–H and O–H groups in total. The highest BCUT2D eigenvalue weighted by Crippen LogP contribution is 2.45. The van der Waals surface area contributed by atoms with E-state index < -0.39 is 17.6 Å². The van der Waals surface area contributed by atoms with Gasteiger partial charge in [0.25, 0.3) is 0 Å². The third kappa shape index (κ3) is 21.5. The zero-order valence-corrected chi connectivity index (χ0v) is 36.7. The number of esters is 1. The molecule has 7 atom stereocenters. The zero-order chi connectivity index (χ0) is 42.6. The Hall–Kier alpha value is -3.53. The van der Waals surface area contributed by atoms with E-state index in [2.05, 4.69) is 110 Å². The largest absolute Gasteiger partial charge is 0.461 e. The van der Waals surface area contributed by atoms with Crippen molar-refractivity contribution < 1.29 is 34.1 Å². The molecule has 58 heavy (non-hydrogen) atoms. The topological polar surface area (TPSA) is 134 Å². The van der Waals surface area contributed by atoms with Gasteiger partial charge in [-0.1, -0.05) is 107 Å². The van der Waals surface area contributed by atoms with E-state index in [-0.39, 0.29) is 54.5 Å². The third-order valence-corrected chi connectivity index (χ3v) is 11.2. The molecule has 2 aliphatic carbocycles. The maximum atomic E-state index is 13.1. The van der Waals surface area contributed by atoms with E-state index >= 15 is 0 Å². The number of carbonyl (C=O) groups is 3. The second-order valence-electron chi connectivity index (χ2n) is 16.7. The van der Waals surface area contributed by atoms with Crippen LogP contribution in [0, 0.1) is 29.1 Å². The highest BCUT2D eigenvalue weighted by Gasteiger charge is 2.43. The van der Waals surface area contributed by atoms with Crippen LogP contribution in [0.25, 0.3) is 0 Å². The Balaban J connectivity index is 1.53. The molecule has 2 aliphatic rings. The summed E-state index contributed by atoms with van der Waals surface area (Å²) in [5, 5.41) is 27.1. The van der Waals surface area contributed by atoms with Crippen molar-refractivity contribution in [3.8, 4) is 0 Å². The number of hydrogen-bond donors (Lipinski definition) is 4. The number of nitrogens with one attached hydrogen (secondary N) is 2. The fourth-order valence-electron chi connectivity index (χ4n) is 7.31. The minimum atomic E-state index is -0.966. The van der Waals surface area contributed by atoms with Crippen LogP contribution in [0.4, 0.5) is 0 Å². The molecule has 0 fully saturated rings. The molecule has 2 amide bonds. The van der Waals surface area contributed by atoms with Crippen LogP contribution in [-0.4, -0.2) is 72.6 Å². The summed E-state index contributed by atoms with van der Waals surface area (Å²) in [6.07, 6.45) is 36.2. The van der Waals surface area contributed by atoms with Crippen molar-refractivity contribution in [3.05, 3.63) is 84.6 Å². The van der Waals surface area contributed by atoms with Crippen molar-refractivity contribution in [2.75, 3.05) is 26.3 Å². The highest BCUT2D eigenvalue weighted by molar-refractivity contribution is 5.77. The smallest absolute Gasteiger partial charge is 0.311 e. The molecule has 0 saturated heterocycles. The molecule has 0 heterocycles. The van der Waals surface area contributed by atoms with Crippen LogP contribution in [-0.2, 0) is 23.9 Å². The van der Waals surface area contributed by atoms with E-state index in [1.54, 1.807) is 0 Å². The minimum absolute atomic E-state index is 0.00281. The molecule has 9 nitrogen and oxygen atoms in total. The zero-order valence-electron chi connectivity index (χ0n) is 36.7. The number of aliphatic hydroxyl groups excluding tert-OH is 2. The number of allylic oxidation sites excluding steroid dienone is 13. The number of amides is 2. The van der Waals surface area contributed by atoms with Crippen molar-refractivity contribution in [3.63, 3.8) is 0 Å². The number of rotatable bonds is 29. The van der Waals surface area contributed by atoms with Gasteiger partial charge in [0.1, 0.15) is 6.10 Å². The summed E-state index contributed by atoms with van der Waals surface area (Å²) in [6, 6.07) is 0. The monoisotopic (exact) mass is 807 g/mol. The summed E-state index contributed by atoms with van der Waals surface area (Å²) >= 11 is 0. The van der Waals surface area contributed by atoms with Gasteiger partial charge < -0.3 is 30.3 Å². The molecular weight excluding hydrogens is 729 g/mol. The van der Waals surface area contributed by atoms with E-state index in [0.29, 0.717) is 51.5 Å². The van der Waals surface area contributed by atoms with Gasteiger partial charge in [0, 0.05) is 25.4 Å². The number of aliphatic hydroxyl groups is 2. The van der Waals surface area contributed by atoms with Gasteiger partial charge in [-0.2, -0.15) is 0 Å². The van der Waals surface area contributed by atoms with E-state index in [4.69, 9.17) is 9.47 Å². The van der Waals surface area contributed by atoms with Gasteiger partial charge in [0.15, 0.2) is 0 Å². The fourth-order valence-corrected chi connectivity index (χ4v) is 7.31. The number of ether oxygens (including phenoxy) is 2. The van der Waals surface area contributed by atoms with Crippen LogP contribution in [0.15, 0.2) is 84.6 Å². The summed E-state index contributed by atoms with van der Waals surface area (Å²) in [4.78, 5) is 37.6. The Kier molecular flexibility index (Phi) is 25.9. The first kappa shape index (κ1) is 50.6. The van der Waals surface area contributed by atoms with Crippen LogP contribution >= 0.6 is 0 Å². The summed E-state index contributed by atoms with van der Waals surface area (Å²) in [6.45, 7) is 13.7. The molecule has 9 heteroatoms. The normalized spacial score (nSPS) is 22.2. The summed E-state index contributed by atoms with van der Waals surface area (Å²) in [5.74, 6) is 0.349.